The Morgan fingerprint density at radius 2 is 2.08 bits per heavy atom. The number of ether oxygens (including phenoxy) is 1. The first-order chi connectivity index (χ1) is 12.0. The fourth-order valence-electron chi connectivity index (χ4n) is 2.89. The summed E-state index contributed by atoms with van der Waals surface area (Å²) in [6, 6.07) is 7.81. The smallest absolute Gasteiger partial charge is 0.252 e. The molecule has 1 N–H and O–H groups in total. The van der Waals surface area contributed by atoms with Crippen molar-refractivity contribution in [2.45, 2.75) is 13.0 Å². The molecule has 0 saturated carbocycles. The minimum Gasteiger partial charge on any atom is -0.465 e. The summed E-state index contributed by atoms with van der Waals surface area (Å²) in [7, 11) is 0. The fraction of sp³-hybridized carbons (Fsp3) is 0.389. The molecular formula is C18H20BrFN2O3. The number of nitrogens with one attached hydrogen (secondary N) is 1. The molecule has 0 radical (unpaired) electrons. The summed E-state index contributed by atoms with van der Waals surface area (Å²) in [6.45, 7) is 5.10. The Morgan fingerprint density at radius 1 is 1.32 bits per heavy atom. The minimum atomic E-state index is -0.445. The van der Waals surface area contributed by atoms with Crippen molar-refractivity contribution in [1.82, 2.24) is 10.2 Å². The molecule has 1 saturated heterocycles. The third kappa shape index (κ3) is 4.48. The molecule has 1 aromatic carbocycles. The van der Waals surface area contributed by atoms with Crippen LogP contribution >= 0.6 is 15.9 Å². The summed E-state index contributed by atoms with van der Waals surface area (Å²) in [5.41, 5.74) is 0.274. The molecule has 1 amide bonds. The molecular weight excluding hydrogens is 391 g/mol. The third-order valence-corrected chi connectivity index (χ3v) is 4.90. The molecule has 25 heavy (non-hydrogen) atoms. The number of carbonyl (C=O) groups excluding carboxylic acids is 1. The average molecular weight is 411 g/mol. The maximum atomic E-state index is 13.4. The molecule has 2 aromatic rings. The molecule has 7 heteroatoms. The van der Waals surface area contributed by atoms with Gasteiger partial charge in [-0.25, -0.2) is 4.39 Å². The van der Waals surface area contributed by atoms with Crippen LogP contribution in [0.4, 0.5) is 4.39 Å². The van der Waals surface area contributed by atoms with E-state index in [1.807, 2.05) is 19.1 Å². The predicted octanol–water partition coefficient (Wildman–Crippen LogP) is 3.29. The van der Waals surface area contributed by atoms with Crippen LogP contribution in [0.25, 0.3) is 0 Å². The number of halogens is 2. The van der Waals surface area contributed by atoms with Gasteiger partial charge in [0.1, 0.15) is 17.3 Å². The van der Waals surface area contributed by atoms with E-state index in [0.29, 0.717) is 24.2 Å². The highest BCUT2D eigenvalue weighted by Gasteiger charge is 2.26. The number of amides is 1. The van der Waals surface area contributed by atoms with Crippen molar-refractivity contribution in [2.24, 2.45) is 0 Å². The fourth-order valence-corrected chi connectivity index (χ4v) is 3.31. The Morgan fingerprint density at radius 3 is 2.76 bits per heavy atom. The summed E-state index contributed by atoms with van der Waals surface area (Å²) in [5, 5.41) is 2.89. The summed E-state index contributed by atoms with van der Waals surface area (Å²) in [5.74, 6) is 0.859. The van der Waals surface area contributed by atoms with Gasteiger partial charge in [0.2, 0.25) is 0 Å². The van der Waals surface area contributed by atoms with Crippen molar-refractivity contribution in [3.63, 3.8) is 0 Å². The van der Waals surface area contributed by atoms with Crippen LogP contribution in [0.1, 0.15) is 27.9 Å². The van der Waals surface area contributed by atoms with Crippen LogP contribution in [-0.4, -0.2) is 43.7 Å². The zero-order chi connectivity index (χ0) is 17.8. The van der Waals surface area contributed by atoms with Crippen molar-refractivity contribution >= 4 is 21.8 Å². The third-order valence-electron chi connectivity index (χ3n) is 4.21. The molecule has 2 heterocycles. The zero-order valence-corrected chi connectivity index (χ0v) is 15.5. The second-order valence-corrected chi connectivity index (χ2v) is 6.80. The number of aryl methyl sites for hydroxylation is 1. The second kappa shape index (κ2) is 8.12. The lowest BCUT2D eigenvalue weighted by atomic mass is 10.1. The number of hydrogen-bond donors (Lipinski definition) is 1. The van der Waals surface area contributed by atoms with Gasteiger partial charge in [-0.2, -0.15) is 0 Å². The van der Waals surface area contributed by atoms with Gasteiger partial charge in [0.15, 0.2) is 0 Å². The Balaban J connectivity index is 1.73. The molecule has 0 spiro atoms. The highest BCUT2D eigenvalue weighted by atomic mass is 79.9. The summed E-state index contributed by atoms with van der Waals surface area (Å²) >= 11 is 3.29. The number of benzene rings is 1. The van der Waals surface area contributed by atoms with Crippen molar-refractivity contribution in [1.29, 1.82) is 0 Å². The Bertz CT molecular complexity index is 744. The van der Waals surface area contributed by atoms with Crippen molar-refractivity contribution in [3.8, 4) is 0 Å². The van der Waals surface area contributed by atoms with E-state index in [9.17, 15) is 9.18 Å². The van der Waals surface area contributed by atoms with E-state index in [4.69, 9.17) is 9.15 Å². The minimum absolute atomic E-state index is 0.0890. The van der Waals surface area contributed by atoms with Crippen molar-refractivity contribution in [2.75, 3.05) is 32.8 Å². The molecule has 1 fully saturated rings. The molecule has 1 atom stereocenters. The molecule has 1 aliphatic heterocycles. The monoisotopic (exact) mass is 410 g/mol. The van der Waals surface area contributed by atoms with Gasteiger partial charge in [-0.15, -0.1) is 0 Å². The topological polar surface area (TPSA) is 54.7 Å². The maximum Gasteiger partial charge on any atom is 0.252 e. The summed E-state index contributed by atoms with van der Waals surface area (Å²) in [4.78, 5) is 14.7. The standard InChI is InChI=1S/C18H20BrFN2O3/c1-12-2-5-17(25-12)16(22-6-8-24-9-7-22)11-21-18(23)14-10-13(20)3-4-15(14)19/h2-5,10,16H,6-9,11H2,1H3,(H,21,23). The van der Waals surface area contributed by atoms with Crippen LogP contribution in [-0.2, 0) is 4.74 Å². The van der Waals surface area contributed by atoms with Crippen LogP contribution in [0.15, 0.2) is 39.2 Å². The molecule has 1 aromatic heterocycles. The van der Waals surface area contributed by atoms with Gasteiger partial charge in [0.25, 0.3) is 5.91 Å². The lowest BCUT2D eigenvalue weighted by molar-refractivity contribution is 0.0117. The number of carbonyl (C=O) groups is 1. The van der Waals surface area contributed by atoms with Gasteiger partial charge in [0.05, 0.1) is 24.8 Å². The van der Waals surface area contributed by atoms with E-state index in [-0.39, 0.29) is 17.5 Å². The lowest BCUT2D eigenvalue weighted by Gasteiger charge is -2.33. The molecule has 3 rings (SSSR count). The van der Waals surface area contributed by atoms with Crippen LogP contribution in [0.5, 0.6) is 0 Å². The number of hydrogen-bond acceptors (Lipinski definition) is 4. The maximum absolute atomic E-state index is 13.4. The first kappa shape index (κ1) is 18.1. The highest BCUT2D eigenvalue weighted by Crippen LogP contribution is 2.24. The van der Waals surface area contributed by atoms with E-state index >= 15 is 0 Å². The van der Waals surface area contributed by atoms with E-state index in [0.717, 1.165) is 24.6 Å². The SMILES string of the molecule is Cc1ccc(C(CNC(=O)c2cc(F)ccc2Br)N2CCOCC2)o1. The van der Waals surface area contributed by atoms with Gasteiger partial charge >= 0.3 is 0 Å². The molecule has 0 bridgehead atoms. The van der Waals surface area contributed by atoms with Gasteiger partial charge in [-0.3, -0.25) is 9.69 Å². The number of nitrogens with zero attached hydrogens (tertiary/aromatic N) is 1. The first-order valence-corrected chi connectivity index (χ1v) is 8.95. The van der Waals surface area contributed by atoms with Gasteiger partial charge in [-0.1, -0.05) is 0 Å². The quantitative estimate of drug-likeness (QED) is 0.821. The van der Waals surface area contributed by atoms with E-state index in [1.165, 1.54) is 18.2 Å². The van der Waals surface area contributed by atoms with Gasteiger partial charge in [0, 0.05) is 24.1 Å². The Hall–Kier alpha value is -1.70. The number of rotatable bonds is 5. The molecule has 1 unspecified atom stereocenters. The second-order valence-electron chi connectivity index (χ2n) is 5.95. The number of furan rings is 1. The summed E-state index contributed by atoms with van der Waals surface area (Å²) in [6.07, 6.45) is 0. The van der Waals surface area contributed by atoms with Gasteiger partial charge < -0.3 is 14.5 Å². The molecule has 0 aliphatic carbocycles. The first-order valence-electron chi connectivity index (χ1n) is 8.16. The number of morpholine rings is 1. The van der Waals surface area contributed by atoms with E-state index in [2.05, 4.69) is 26.1 Å². The molecule has 1 aliphatic rings. The normalized spacial score (nSPS) is 16.6. The van der Waals surface area contributed by atoms with Crippen molar-refractivity contribution < 1.29 is 18.3 Å². The lowest BCUT2D eigenvalue weighted by Crippen LogP contribution is -2.43. The molecule has 5 nitrogen and oxygen atoms in total. The molecule has 134 valence electrons. The average Bonchev–Trinajstić information content (AvgIpc) is 3.04. The van der Waals surface area contributed by atoms with Crippen LogP contribution in [0.2, 0.25) is 0 Å². The van der Waals surface area contributed by atoms with Crippen molar-refractivity contribution in [3.05, 3.63) is 57.7 Å². The Labute approximate surface area is 154 Å². The van der Waals surface area contributed by atoms with E-state index < -0.39 is 5.82 Å². The zero-order valence-electron chi connectivity index (χ0n) is 13.9. The van der Waals surface area contributed by atoms with Crippen LogP contribution in [0.3, 0.4) is 0 Å². The largest absolute Gasteiger partial charge is 0.465 e. The summed E-state index contributed by atoms with van der Waals surface area (Å²) < 4.78 is 25.2. The highest BCUT2D eigenvalue weighted by molar-refractivity contribution is 9.10. The predicted molar refractivity (Wildman–Crippen MR) is 95.0 cm³/mol. The van der Waals surface area contributed by atoms with Crippen LogP contribution in [0, 0.1) is 12.7 Å². The van der Waals surface area contributed by atoms with Gasteiger partial charge in [-0.05, 0) is 53.2 Å². The Kier molecular flexibility index (Phi) is 5.88. The van der Waals surface area contributed by atoms with E-state index in [1.54, 1.807) is 0 Å². The van der Waals surface area contributed by atoms with Crippen LogP contribution < -0.4 is 5.32 Å².